The fraction of sp³-hybridized carbons (Fsp3) is 0.500. The van der Waals surface area contributed by atoms with Crippen LogP contribution >= 0.6 is 23.2 Å². The molecule has 104 valence electrons. The Morgan fingerprint density at radius 1 is 1.32 bits per heavy atom. The van der Waals surface area contributed by atoms with Gasteiger partial charge in [-0.25, -0.2) is 0 Å². The molecule has 1 aromatic rings. The van der Waals surface area contributed by atoms with E-state index in [0.717, 1.165) is 25.9 Å². The van der Waals surface area contributed by atoms with Crippen molar-refractivity contribution in [2.45, 2.75) is 12.8 Å². The zero-order valence-corrected chi connectivity index (χ0v) is 11.8. The first kappa shape index (κ1) is 14.4. The van der Waals surface area contributed by atoms with E-state index >= 15 is 0 Å². The van der Waals surface area contributed by atoms with E-state index in [9.17, 15) is 10.1 Å². The Hall–Kier alpha value is -1.04. The highest BCUT2D eigenvalue weighted by molar-refractivity contribution is 6.42. The molecular formula is C12H15Cl2N3O2. The number of halogens is 2. The average Bonchev–Trinajstić information content (AvgIpc) is 2.41. The quantitative estimate of drug-likeness (QED) is 0.688. The van der Waals surface area contributed by atoms with Crippen molar-refractivity contribution in [1.82, 2.24) is 0 Å². The molecule has 19 heavy (non-hydrogen) atoms. The molecule has 1 aliphatic rings. The Labute approximate surface area is 121 Å². The lowest BCUT2D eigenvalue weighted by atomic mass is 9.96. The van der Waals surface area contributed by atoms with Crippen LogP contribution in [-0.2, 0) is 0 Å². The second-order valence-corrected chi connectivity index (χ2v) is 5.49. The second kappa shape index (κ2) is 5.94. The monoisotopic (exact) mass is 303 g/mol. The largest absolute Gasteiger partial charge is 0.366 e. The number of anilines is 1. The van der Waals surface area contributed by atoms with E-state index in [1.807, 2.05) is 4.90 Å². The highest BCUT2D eigenvalue weighted by Gasteiger charge is 2.25. The fourth-order valence-corrected chi connectivity index (χ4v) is 2.65. The number of benzene rings is 1. The lowest BCUT2D eigenvalue weighted by Crippen LogP contribution is -2.36. The lowest BCUT2D eigenvalue weighted by molar-refractivity contribution is -0.384. The number of rotatable bonds is 3. The van der Waals surface area contributed by atoms with Gasteiger partial charge >= 0.3 is 0 Å². The molecule has 0 atom stereocenters. The van der Waals surface area contributed by atoms with Gasteiger partial charge in [0, 0.05) is 19.2 Å². The van der Waals surface area contributed by atoms with Crippen molar-refractivity contribution in [2.75, 3.05) is 24.5 Å². The molecule has 1 fully saturated rings. The van der Waals surface area contributed by atoms with Crippen molar-refractivity contribution < 1.29 is 4.92 Å². The van der Waals surface area contributed by atoms with Gasteiger partial charge in [-0.15, -0.1) is 0 Å². The Kier molecular flexibility index (Phi) is 4.50. The molecule has 0 spiro atoms. The molecule has 1 aromatic carbocycles. The topological polar surface area (TPSA) is 72.4 Å². The third-order valence-corrected chi connectivity index (χ3v) is 4.22. The Morgan fingerprint density at radius 3 is 2.42 bits per heavy atom. The van der Waals surface area contributed by atoms with E-state index in [1.165, 1.54) is 6.07 Å². The van der Waals surface area contributed by atoms with Crippen molar-refractivity contribution >= 4 is 34.6 Å². The maximum Gasteiger partial charge on any atom is 0.294 e. The third-order valence-electron chi connectivity index (χ3n) is 3.50. The Balaban J connectivity index is 2.29. The van der Waals surface area contributed by atoms with Crippen LogP contribution in [0.3, 0.4) is 0 Å². The molecule has 7 heteroatoms. The van der Waals surface area contributed by atoms with Gasteiger partial charge < -0.3 is 10.6 Å². The van der Waals surface area contributed by atoms with Crippen LogP contribution in [0.25, 0.3) is 0 Å². The molecule has 1 aliphatic heterocycles. The van der Waals surface area contributed by atoms with E-state index in [1.54, 1.807) is 6.07 Å². The molecule has 0 saturated carbocycles. The predicted octanol–water partition coefficient (Wildman–Crippen LogP) is 3.08. The smallest absolute Gasteiger partial charge is 0.294 e. The van der Waals surface area contributed by atoms with Crippen LogP contribution in [0.5, 0.6) is 0 Å². The number of nitro groups is 1. The highest BCUT2D eigenvalue weighted by atomic mass is 35.5. The van der Waals surface area contributed by atoms with Gasteiger partial charge in [0.05, 0.1) is 15.0 Å². The molecule has 0 amide bonds. The molecule has 1 heterocycles. The number of nitrogens with zero attached hydrogens (tertiary/aromatic N) is 2. The van der Waals surface area contributed by atoms with Gasteiger partial charge in [-0.05, 0) is 31.4 Å². The standard InChI is InChI=1S/C12H15Cl2N3O2/c13-9-5-11(12(17(18)19)6-10(9)14)16-3-1-8(7-15)2-4-16/h5-6,8H,1-4,7,15H2. The van der Waals surface area contributed by atoms with Crippen molar-refractivity contribution in [3.8, 4) is 0 Å². The third kappa shape index (κ3) is 3.11. The molecule has 0 aromatic heterocycles. The molecule has 5 nitrogen and oxygen atoms in total. The van der Waals surface area contributed by atoms with E-state index in [-0.39, 0.29) is 10.7 Å². The maximum absolute atomic E-state index is 11.1. The van der Waals surface area contributed by atoms with Crippen LogP contribution in [0.4, 0.5) is 11.4 Å². The summed E-state index contributed by atoms with van der Waals surface area (Å²) >= 11 is 11.8. The minimum atomic E-state index is -0.424. The van der Waals surface area contributed by atoms with E-state index < -0.39 is 4.92 Å². The Bertz CT molecular complexity index is 488. The van der Waals surface area contributed by atoms with Gasteiger partial charge in [-0.3, -0.25) is 10.1 Å². The van der Waals surface area contributed by atoms with Gasteiger partial charge in [0.1, 0.15) is 5.69 Å². The zero-order valence-electron chi connectivity index (χ0n) is 10.3. The van der Waals surface area contributed by atoms with Crippen molar-refractivity contribution in [3.05, 3.63) is 32.3 Å². The Morgan fingerprint density at radius 2 is 1.89 bits per heavy atom. The summed E-state index contributed by atoms with van der Waals surface area (Å²) in [6.45, 7) is 2.17. The first-order chi connectivity index (χ1) is 9.02. The number of hydrogen-bond donors (Lipinski definition) is 1. The molecule has 2 rings (SSSR count). The number of nitro benzene ring substituents is 1. The van der Waals surface area contributed by atoms with Crippen LogP contribution in [0.15, 0.2) is 12.1 Å². The van der Waals surface area contributed by atoms with E-state index in [0.29, 0.717) is 23.2 Å². The summed E-state index contributed by atoms with van der Waals surface area (Å²) < 4.78 is 0. The summed E-state index contributed by atoms with van der Waals surface area (Å²) in [5.41, 5.74) is 6.18. The van der Waals surface area contributed by atoms with Gasteiger partial charge in [-0.1, -0.05) is 23.2 Å². The van der Waals surface area contributed by atoms with Gasteiger partial charge in [0.15, 0.2) is 0 Å². The van der Waals surface area contributed by atoms with Crippen LogP contribution in [0, 0.1) is 16.0 Å². The molecule has 1 saturated heterocycles. The van der Waals surface area contributed by atoms with Crippen molar-refractivity contribution in [1.29, 1.82) is 0 Å². The first-order valence-electron chi connectivity index (χ1n) is 6.11. The predicted molar refractivity (Wildman–Crippen MR) is 77.1 cm³/mol. The maximum atomic E-state index is 11.1. The number of piperidine rings is 1. The van der Waals surface area contributed by atoms with E-state index in [2.05, 4.69) is 0 Å². The summed E-state index contributed by atoms with van der Waals surface area (Å²) in [5.74, 6) is 0.498. The highest BCUT2D eigenvalue weighted by Crippen LogP contribution is 2.37. The molecule has 0 radical (unpaired) electrons. The summed E-state index contributed by atoms with van der Waals surface area (Å²) in [6.07, 6.45) is 1.88. The average molecular weight is 304 g/mol. The summed E-state index contributed by atoms with van der Waals surface area (Å²) in [7, 11) is 0. The zero-order chi connectivity index (χ0) is 14.0. The molecular weight excluding hydrogens is 289 g/mol. The molecule has 2 N–H and O–H groups in total. The number of nitrogens with two attached hydrogens (primary N) is 1. The second-order valence-electron chi connectivity index (χ2n) is 4.68. The first-order valence-corrected chi connectivity index (χ1v) is 6.87. The SMILES string of the molecule is NCC1CCN(c2cc(Cl)c(Cl)cc2[N+](=O)[O-])CC1. The van der Waals surface area contributed by atoms with Gasteiger partial charge in [-0.2, -0.15) is 0 Å². The summed E-state index contributed by atoms with van der Waals surface area (Å²) in [4.78, 5) is 12.7. The number of hydrogen-bond acceptors (Lipinski definition) is 4. The lowest BCUT2D eigenvalue weighted by Gasteiger charge is -2.32. The van der Waals surface area contributed by atoms with E-state index in [4.69, 9.17) is 28.9 Å². The molecule has 0 bridgehead atoms. The van der Waals surface area contributed by atoms with Crippen molar-refractivity contribution in [3.63, 3.8) is 0 Å². The summed E-state index contributed by atoms with van der Waals surface area (Å²) in [5, 5.41) is 11.6. The van der Waals surface area contributed by atoms with Crippen LogP contribution in [0.2, 0.25) is 10.0 Å². The van der Waals surface area contributed by atoms with Crippen molar-refractivity contribution in [2.24, 2.45) is 11.7 Å². The fourth-order valence-electron chi connectivity index (χ4n) is 2.33. The van der Waals surface area contributed by atoms with Crippen LogP contribution in [-0.4, -0.2) is 24.6 Å². The molecule has 0 aliphatic carbocycles. The minimum absolute atomic E-state index is 0.000554. The molecule has 0 unspecified atom stereocenters. The van der Waals surface area contributed by atoms with Crippen LogP contribution < -0.4 is 10.6 Å². The normalized spacial score (nSPS) is 16.7. The van der Waals surface area contributed by atoms with Gasteiger partial charge in [0.25, 0.3) is 5.69 Å². The van der Waals surface area contributed by atoms with Gasteiger partial charge in [0.2, 0.25) is 0 Å². The van der Waals surface area contributed by atoms with Crippen LogP contribution in [0.1, 0.15) is 12.8 Å². The summed E-state index contributed by atoms with van der Waals surface area (Å²) in [6, 6.07) is 2.89. The minimum Gasteiger partial charge on any atom is -0.366 e.